The molecule has 0 radical (unpaired) electrons. The van der Waals surface area contributed by atoms with Gasteiger partial charge in [0.1, 0.15) is 11.1 Å². The van der Waals surface area contributed by atoms with Crippen molar-refractivity contribution in [3.8, 4) is 0 Å². The average Bonchev–Trinajstić information content (AvgIpc) is 2.92. The lowest BCUT2D eigenvalue weighted by molar-refractivity contribution is -0.122. The fourth-order valence-corrected chi connectivity index (χ4v) is 3.46. The largest absolute Gasteiger partial charge is 0.325 e. The Morgan fingerprint density at radius 3 is 2.85 bits per heavy atom. The number of nitrogens with one attached hydrogen (secondary N) is 2. The SMILES string of the molecule is Cc1ccc(N=C2NC(=O)[C@@H](CC(=O)Nc3ccccc3Cl)S2)cc1F. The van der Waals surface area contributed by atoms with Crippen molar-refractivity contribution in [1.29, 1.82) is 0 Å². The van der Waals surface area contributed by atoms with Crippen molar-refractivity contribution in [3.05, 3.63) is 58.9 Å². The number of carbonyl (C=O) groups excluding carboxylic acids is 2. The summed E-state index contributed by atoms with van der Waals surface area (Å²) in [5.74, 6) is -0.999. The number of anilines is 1. The van der Waals surface area contributed by atoms with Crippen molar-refractivity contribution in [3.63, 3.8) is 0 Å². The molecule has 2 amide bonds. The van der Waals surface area contributed by atoms with E-state index in [0.717, 1.165) is 11.8 Å². The molecule has 1 aliphatic heterocycles. The van der Waals surface area contributed by atoms with Gasteiger partial charge in [-0.15, -0.1) is 0 Å². The average molecular weight is 392 g/mol. The number of hydrogen-bond donors (Lipinski definition) is 2. The van der Waals surface area contributed by atoms with Gasteiger partial charge in [0.15, 0.2) is 5.17 Å². The molecule has 1 saturated heterocycles. The van der Waals surface area contributed by atoms with E-state index in [1.807, 2.05) is 0 Å². The first-order valence-electron chi connectivity index (χ1n) is 7.79. The summed E-state index contributed by atoms with van der Waals surface area (Å²) in [4.78, 5) is 28.4. The summed E-state index contributed by atoms with van der Waals surface area (Å²) in [6.45, 7) is 1.66. The van der Waals surface area contributed by atoms with Gasteiger partial charge < -0.3 is 10.6 Å². The van der Waals surface area contributed by atoms with E-state index in [9.17, 15) is 14.0 Å². The van der Waals surface area contributed by atoms with Crippen LogP contribution in [-0.4, -0.2) is 22.2 Å². The van der Waals surface area contributed by atoms with E-state index in [2.05, 4.69) is 15.6 Å². The van der Waals surface area contributed by atoms with Crippen LogP contribution in [0.3, 0.4) is 0 Å². The fourth-order valence-electron chi connectivity index (χ4n) is 2.29. The van der Waals surface area contributed by atoms with Gasteiger partial charge in [0.25, 0.3) is 0 Å². The van der Waals surface area contributed by atoms with Gasteiger partial charge in [-0.05, 0) is 36.8 Å². The van der Waals surface area contributed by atoms with Crippen LogP contribution in [0.4, 0.5) is 15.8 Å². The number of rotatable bonds is 4. The molecule has 2 aromatic rings. The number of aliphatic imine (C=N–C) groups is 1. The molecule has 0 spiro atoms. The molecule has 0 unspecified atom stereocenters. The number of para-hydroxylation sites is 1. The maximum atomic E-state index is 13.6. The third kappa shape index (κ3) is 4.42. The predicted octanol–water partition coefficient (Wildman–Crippen LogP) is 4.04. The van der Waals surface area contributed by atoms with Crippen molar-refractivity contribution in [1.82, 2.24) is 5.32 Å². The van der Waals surface area contributed by atoms with Gasteiger partial charge in [-0.3, -0.25) is 9.59 Å². The standard InChI is InChI=1S/C18H15ClFN3O2S/c1-10-6-7-11(8-13(10)20)21-18-23-17(25)15(26-18)9-16(24)22-14-5-3-2-4-12(14)19/h2-8,15H,9H2,1H3,(H,22,24)(H,21,23,25)/t15-/m1/s1. The first-order valence-corrected chi connectivity index (χ1v) is 9.05. The number of carbonyl (C=O) groups is 2. The van der Waals surface area contributed by atoms with Gasteiger partial charge >= 0.3 is 0 Å². The number of hydrogen-bond acceptors (Lipinski definition) is 4. The van der Waals surface area contributed by atoms with Gasteiger partial charge in [-0.25, -0.2) is 9.38 Å². The lowest BCUT2D eigenvalue weighted by Gasteiger charge is -2.08. The molecule has 0 saturated carbocycles. The number of amidine groups is 1. The molecule has 1 atom stereocenters. The molecule has 134 valence electrons. The van der Waals surface area contributed by atoms with Crippen LogP contribution in [0.5, 0.6) is 0 Å². The summed E-state index contributed by atoms with van der Waals surface area (Å²) in [7, 11) is 0. The van der Waals surface area contributed by atoms with E-state index in [4.69, 9.17) is 11.6 Å². The van der Waals surface area contributed by atoms with Gasteiger partial charge in [0.05, 0.1) is 16.4 Å². The molecule has 0 aliphatic carbocycles. The maximum absolute atomic E-state index is 13.6. The molecule has 1 fully saturated rings. The molecular weight excluding hydrogens is 377 g/mol. The Morgan fingerprint density at radius 2 is 2.12 bits per heavy atom. The third-order valence-corrected chi connectivity index (χ3v) is 5.09. The Bertz CT molecular complexity index is 904. The zero-order valence-electron chi connectivity index (χ0n) is 13.8. The summed E-state index contributed by atoms with van der Waals surface area (Å²) >= 11 is 7.14. The number of benzene rings is 2. The minimum Gasteiger partial charge on any atom is -0.325 e. The highest BCUT2D eigenvalue weighted by molar-refractivity contribution is 8.15. The molecule has 0 aromatic heterocycles. The quantitative estimate of drug-likeness (QED) is 0.826. The number of thioether (sulfide) groups is 1. The van der Waals surface area contributed by atoms with E-state index in [1.165, 1.54) is 6.07 Å². The van der Waals surface area contributed by atoms with Crippen LogP contribution >= 0.6 is 23.4 Å². The number of halogens is 2. The molecule has 2 aromatic carbocycles. The topological polar surface area (TPSA) is 70.6 Å². The zero-order valence-corrected chi connectivity index (χ0v) is 15.3. The molecule has 2 N–H and O–H groups in total. The van der Waals surface area contributed by atoms with E-state index in [1.54, 1.807) is 43.3 Å². The fraction of sp³-hybridized carbons (Fsp3) is 0.167. The predicted molar refractivity (Wildman–Crippen MR) is 102 cm³/mol. The molecule has 3 rings (SSSR count). The molecule has 1 aliphatic rings. The number of aryl methyl sites for hydroxylation is 1. The smallest absolute Gasteiger partial charge is 0.240 e. The summed E-state index contributed by atoms with van der Waals surface area (Å²) in [6.07, 6.45) is -0.0248. The van der Waals surface area contributed by atoms with Gasteiger partial charge in [0.2, 0.25) is 11.8 Å². The third-order valence-electron chi connectivity index (χ3n) is 3.68. The Labute approximate surface area is 159 Å². The summed E-state index contributed by atoms with van der Waals surface area (Å²) in [5, 5.41) is 5.46. The minimum absolute atomic E-state index is 0.0248. The van der Waals surface area contributed by atoms with Crippen LogP contribution in [0.15, 0.2) is 47.5 Å². The molecule has 5 nitrogen and oxygen atoms in total. The zero-order chi connectivity index (χ0) is 18.7. The normalized spacial score (nSPS) is 18.0. The molecular formula is C18H15ClFN3O2S. The van der Waals surface area contributed by atoms with Gasteiger partial charge in [-0.2, -0.15) is 0 Å². The van der Waals surface area contributed by atoms with Crippen molar-refractivity contribution in [2.24, 2.45) is 4.99 Å². The summed E-state index contributed by atoms with van der Waals surface area (Å²) < 4.78 is 13.6. The van der Waals surface area contributed by atoms with Crippen LogP contribution < -0.4 is 10.6 Å². The van der Waals surface area contributed by atoms with Gasteiger partial charge in [-0.1, -0.05) is 41.6 Å². The molecule has 0 bridgehead atoms. The van der Waals surface area contributed by atoms with Crippen LogP contribution in [0, 0.1) is 12.7 Å². The van der Waals surface area contributed by atoms with Crippen LogP contribution in [0.25, 0.3) is 0 Å². The second-order valence-corrected chi connectivity index (χ2v) is 7.28. The van der Waals surface area contributed by atoms with E-state index >= 15 is 0 Å². The highest BCUT2D eigenvalue weighted by Gasteiger charge is 2.32. The first-order chi connectivity index (χ1) is 12.4. The Hall–Kier alpha value is -2.38. The Kier molecular flexibility index (Phi) is 5.58. The van der Waals surface area contributed by atoms with Crippen LogP contribution in [-0.2, 0) is 9.59 Å². The lowest BCUT2D eigenvalue weighted by atomic mass is 10.2. The Morgan fingerprint density at radius 1 is 1.35 bits per heavy atom. The van der Waals surface area contributed by atoms with Crippen molar-refractivity contribution >= 4 is 51.7 Å². The van der Waals surface area contributed by atoms with Crippen LogP contribution in [0.2, 0.25) is 5.02 Å². The van der Waals surface area contributed by atoms with Crippen molar-refractivity contribution in [2.45, 2.75) is 18.6 Å². The second-order valence-electron chi connectivity index (χ2n) is 5.68. The summed E-state index contributed by atoms with van der Waals surface area (Å²) in [5.41, 5.74) is 1.41. The molecule has 26 heavy (non-hydrogen) atoms. The number of nitrogens with zero attached hydrogens (tertiary/aromatic N) is 1. The van der Waals surface area contributed by atoms with E-state index in [-0.39, 0.29) is 24.1 Å². The molecule has 1 heterocycles. The van der Waals surface area contributed by atoms with Gasteiger partial charge in [0, 0.05) is 6.42 Å². The van der Waals surface area contributed by atoms with E-state index in [0.29, 0.717) is 27.1 Å². The highest BCUT2D eigenvalue weighted by atomic mass is 35.5. The first kappa shape index (κ1) is 18.4. The highest BCUT2D eigenvalue weighted by Crippen LogP contribution is 2.27. The van der Waals surface area contributed by atoms with Crippen molar-refractivity contribution < 1.29 is 14.0 Å². The van der Waals surface area contributed by atoms with Crippen molar-refractivity contribution in [2.75, 3.05) is 5.32 Å². The number of amides is 2. The van der Waals surface area contributed by atoms with E-state index < -0.39 is 5.25 Å². The lowest BCUT2D eigenvalue weighted by Crippen LogP contribution is -2.28. The summed E-state index contributed by atoms with van der Waals surface area (Å²) in [6, 6.07) is 11.4. The van der Waals surface area contributed by atoms with Crippen LogP contribution in [0.1, 0.15) is 12.0 Å². The monoisotopic (exact) mass is 391 g/mol. The maximum Gasteiger partial charge on any atom is 0.240 e. The second kappa shape index (κ2) is 7.88. The molecule has 8 heteroatoms. The minimum atomic E-state index is -0.605. The Balaban J connectivity index is 1.64.